The van der Waals surface area contributed by atoms with Gasteiger partial charge in [-0.15, -0.1) is 0 Å². The highest BCUT2D eigenvalue weighted by Crippen LogP contribution is 2.23. The van der Waals surface area contributed by atoms with Gasteiger partial charge >= 0.3 is 0 Å². The van der Waals surface area contributed by atoms with Crippen LogP contribution in [0.4, 0.5) is 5.69 Å². The monoisotopic (exact) mass is 270 g/mol. The molecule has 0 spiro atoms. The SMILES string of the molecule is CCC(C)CN(C)C(=O)c1cc2ccccc2cc1N. The van der Waals surface area contributed by atoms with Crippen molar-refractivity contribution in [1.29, 1.82) is 0 Å². The average molecular weight is 270 g/mol. The van der Waals surface area contributed by atoms with Gasteiger partial charge in [-0.2, -0.15) is 0 Å². The maximum atomic E-state index is 12.5. The highest BCUT2D eigenvalue weighted by atomic mass is 16.2. The fourth-order valence-corrected chi connectivity index (χ4v) is 2.33. The second-order valence-corrected chi connectivity index (χ2v) is 5.49. The highest BCUT2D eigenvalue weighted by Gasteiger charge is 2.16. The van der Waals surface area contributed by atoms with E-state index in [4.69, 9.17) is 5.73 Å². The molecule has 0 aliphatic carbocycles. The molecule has 106 valence electrons. The molecular formula is C17H22N2O. The number of rotatable bonds is 4. The van der Waals surface area contributed by atoms with Gasteiger partial charge < -0.3 is 10.6 Å². The number of nitrogens with two attached hydrogens (primary N) is 1. The molecule has 0 heterocycles. The minimum absolute atomic E-state index is 0.00597. The molecule has 20 heavy (non-hydrogen) atoms. The third-order valence-corrected chi connectivity index (χ3v) is 3.78. The molecule has 2 rings (SSSR count). The molecule has 0 saturated carbocycles. The van der Waals surface area contributed by atoms with Gasteiger partial charge in [-0.05, 0) is 28.8 Å². The summed E-state index contributed by atoms with van der Waals surface area (Å²) >= 11 is 0. The number of fused-ring (bicyclic) bond motifs is 1. The van der Waals surface area contributed by atoms with Crippen LogP contribution < -0.4 is 5.73 Å². The lowest BCUT2D eigenvalue weighted by molar-refractivity contribution is 0.0776. The summed E-state index contributed by atoms with van der Waals surface area (Å²) in [7, 11) is 1.84. The molecule has 3 nitrogen and oxygen atoms in total. The lowest BCUT2D eigenvalue weighted by Gasteiger charge is -2.21. The summed E-state index contributed by atoms with van der Waals surface area (Å²) < 4.78 is 0. The van der Waals surface area contributed by atoms with Crippen LogP contribution in [0.2, 0.25) is 0 Å². The van der Waals surface area contributed by atoms with Gasteiger partial charge in [-0.25, -0.2) is 0 Å². The number of benzene rings is 2. The molecule has 0 aliphatic rings. The Morgan fingerprint density at radius 2 is 1.85 bits per heavy atom. The van der Waals surface area contributed by atoms with Crippen molar-refractivity contribution in [2.45, 2.75) is 20.3 Å². The van der Waals surface area contributed by atoms with Crippen molar-refractivity contribution in [1.82, 2.24) is 4.90 Å². The van der Waals surface area contributed by atoms with Gasteiger partial charge in [0.1, 0.15) is 0 Å². The number of anilines is 1. The van der Waals surface area contributed by atoms with Crippen molar-refractivity contribution in [3.63, 3.8) is 0 Å². The van der Waals surface area contributed by atoms with Crippen molar-refractivity contribution in [3.8, 4) is 0 Å². The van der Waals surface area contributed by atoms with E-state index in [1.165, 1.54) is 0 Å². The lowest BCUT2D eigenvalue weighted by Crippen LogP contribution is -2.31. The van der Waals surface area contributed by atoms with Crippen molar-refractivity contribution in [2.75, 3.05) is 19.3 Å². The van der Waals surface area contributed by atoms with Gasteiger partial charge in [-0.3, -0.25) is 4.79 Å². The van der Waals surface area contributed by atoms with Gasteiger partial charge in [0.2, 0.25) is 0 Å². The summed E-state index contributed by atoms with van der Waals surface area (Å²) in [6.45, 7) is 5.03. The van der Waals surface area contributed by atoms with Crippen LogP contribution in [0.25, 0.3) is 10.8 Å². The predicted molar refractivity (Wildman–Crippen MR) is 84.8 cm³/mol. The summed E-state index contributed by atoms with van der Waals surface area (Å²) in [6, 6.07) is 11.7. The molecule has 1 atom stereocenters. The Kier molecular flexibility index (Phi) is 4.28. The fraction of sp³-hybridized carbons (Fsp3) is 0.353. The highest BCUT2D eigenvalue weighted by molar-refractivity contribution is 6.03. The molecule has 2 aromatic rings. The summed E-state index contributed by atoms with van der Waals surface area (Å²) in [5.74, 6) is 0.485. The molecule has 3 heteroatoms. The standard InChI is InChI=1S/C17H22N2O/c1-4-12(2)11-19(3)17(20)15-9-13-7-5-6-8-14(13)10-16(15)18/h5-10,12H,4,11,18H2,1-3H3. The van der Waals surface area contributed by atoms with E-state index in [0.717, 1.165) is 23.7 Å². The zero-order valence-electron chi connectivity index (χ0n) is 12.4. The molecule has 0 fully saturated rings. The molecule has 1 unspecified atom stereocenters. The van der Waals surface area contributed by atoms with Crippen LogP contribution in [0.3, 0.4) is 0 Å². The summed E-state index contributed by atoms with van der Waals surface area (Å²) in [5.41, 5.74) is 7.18. The first-order valence-corrected chi connectivity index (χ1v) is 7.06. The Labute approximate surface area is 120 Å². The summed E-state index contributed by atoms with van der Waals surface area (Å²) in [6.07, 6.45) is 1.06. The van der Waals surface area contributed by atoms with Crippen LogP contribution in [0.5, 0.6) is 0 Å². The second-order valence-electron chi connectivity index (χ2n) is 5.49. The van der Waals surface area contributed by atoms with Crippen LogP contribution in [-0.2, 0) is 0 Å². The first-order valence-electron chi connectivity index (χ1n) is 7.06. The maximum Gasteiger partial charge on any atom is 0.255 e. The average Bonchev–Trinajstić information content (AvgIpc) is 2.45. The minimum Gasteiger partial charge on any atom is -0.398 e. The number of carbonyl (C=O) groups excluding carboxylic acids is 1. The third kappa shape index (κ3) is 2.93. The number of amides is 1. The summed E-state index contributed by atoms with van der Waals surface area (Å²) in [5, 5.41) is 2.10. The quantitative estimate of drug-likeness (QED) is 0.864. The van der Waals surface area contributed by atoms with Gasteiger partial charge in [0.15, 0.2) is 0 Å². The van der Waals surface area contributed by atoms with E-state index in [9.17, 15) is 4.79 Å². The molecular weight excluding hydrogens is 248 g/mol. The molecule has 1 amide bonds. The summed E-state index contributed by atoms with van der Waals surface area (Å²) in [4.78, 5) is 14.3. The van der Waals surface area contributed by atoms with Crippen molar-refractivity contribution < 1.29 is 4.79 Å². The Morgan fingerprint density at radius 1 is 1.25 bits per heavy atom. The largest absolute Gasteiger partial charge is 0.398 e. The normalized spacial score (nSPS) is 12.3. The number of carbonyl (C=O) groups is 1. The van der Waals surface area contributed by atoms with Crippen LogP contribution in [0, 0.1) is 5.92 Å². The third-order valence-electron chi connectivity index (χ3n) is 3.78. The number of hydrogen-bond acceptors (Lipinski definition) is 2. The molecule has 0 bridgehead atoms. The zero-order chi connectivity index (χ0) is 14.7. The predicted octanol–water partition coefficient (Wildman–Crippen LogP) is 3.54. The van der Waals surface area contributed by atoms with Crippen molar-refractivity contribution in [2.24, 2.45) is 5.92 Å². The molecule has 2 aromatic carbocycles. The van der Waals surface area contributed by atoms with E-state index in [1.807, 2.05) is 43.4 Å². The van der Waals surface area contributed by atoms with Gasteiger partial charge in [-0.1, -0.05) is 44.5 Å². The van der Waals surface area contributed by atoms with Crippen LogP contribution >= 0.6 is 0 Å². The van der Waals surface area contributed by atoms with E-state index >= 15 is 0 Å². The van der Waals surface area contributed by atoms with Gasteiger partial charge in [0.25, 0.3) is 5.91 Å². The van der Waals surface area contributed by atoms with E-state index < -0.39 is 0 Å². The van der Waals surface area contributed by atoms with Crippen LogP contribution in [-0.4, -0.2) is 24.4 Å². The van der Waals surface area contributed by atoms with Crippen LogP contribution in [0.1, 0.15) is 30.6 Å². The molecule has 0 saturated heterocycles. The Balaban J connectivity index is 2.32. The number of hydrogen-bond donors (Lipinski definition) is 1. The molecule has 0 aromatic heterocycles. The number of nitrogen functional groups attached to an aromatic ring is 1. The Morgan fingerprint density at radius 3 is 2.45 bits per heavy atom. The molecule has 0 aliphatic heterocycles. The Bertz CT molecular complexity index is 621. The van der Waals surface area contributed by atoms with Crippen molar-refractivity contribution >= 4 is 22.4 Å². The van der Waals surface area contributed by atoms with E-state index in [2.05, 4.69) is 13.8 Å². The molecule has 2 N–H and O–H groups in total. The first kappa shape index (κ1) is 14.4. The van der Waals surface area contributed by atoms with E-state index in [-0.39, 0.29) is 5.91 Å². The van der Waals surface area contributed by atoms with E-state index in [1.54, 1.807) is 4.90 Å². The fourth-order valence-electron chi connectivity index (χ4n) is 2.33. The number of nitrogens with zero attached hydrogens (tertiary/aromatic N) is 1. The maximum absolute atomic E-state index is 12.5. The first-order chi connectivity index (χ1) is 9.52. The zero-order valence-corrected chi connectivity index (χ0v) is 12.4. The van der Waals surface area contributed by atoms with Crippen molar-refractivity contribution in [3.05, 3.63) is 42.0 Å². The topological polar surface area (TPSA) is 46.3 Å². The van der Waals surface area contributed by atoms with E-state index in [0.29, 0.717) is 17.2 Å². The van der Waals surface area contributed by atoms with Crippen LogP contribution in [0.15, 0.2) is 36.4 Å². The smallest absolute Gasteiger partial charge is 0.255 e. The second kappa shape index (κ2) is 5.95. The minimum atomic E-state index is -0.00597. The lowest BCUT2D eigenvalue weighted by atomic mass is 10.0. The Hall–Kier alpha value is -2.03. The van der Waals surface area contributed by atoms with Gasteiger partial charge in [0.05, 0.1) is 5.56 Å². The molecule has 0 radical (unpaired) electrons. The van der Waals surface area contributed by atoms with Gasteiger partial charge in [0, 0.05) is 19.3 Å².